The fraction of sp³-hybridized carbons (Fsp3) is 0.630. The van der Waals surface area contributed by atoms with Gasteiger partial charge in [-0.25, -0.2) is 0 Å². The van der Waals surface area contributed by atoms with Crippen LogP contribution < -0.4 is 0 Å². The standard InChI is InChI=1S/C27H35NO2/c1-4-27-14-11-21(30-18(2)29)16-20(27)7-8-22-24-10-9-23(19-6-5-15-28-17-19)26(24,3)13-12-25(22)27/h5-7,9,15,17,21-22,24-25H,4,8,10-14,16H2,1-3H3/t21-,22-,24?,25?,26+,27-/m0/s1. The molecule has 0 aromatic carbocycles. The van der Waals surface area contributed by atoms with Crippen LogP contribution in [0.25, 0.3) is 5.57 Å². The number of rotatable bonds is 3. The number of fused-ring (bicyclic) bond motifs is 5. The zero-order valence-corrected chi connectivity index (χ0v) is 18.7. The van der Waals surface area contributed by atoms with Crippen LogP contribution in [0.3, 0.4) is 0 Å². The van der Waals surface area contributed by atoms with Crippen molar-refractivity contribution in [1.82, 2.24) is 4.98 Å². The Morgan fingerprint density at radius 2 is 2.07 bits per heavy atom. The van der Waals surface area contributed by atoms with Gasteiger partial charge in [-0.2, -0.15) is 0 Å². The SMILES string of the molecule is CC[C@]12CC[C@H](OC(C)=O)CC1=CC[C@@H]1C2CC[C@]2(C)C(c3cccnc3)=CCC12. The van der Waals surface area contributed by atoms with Crippen molar-refractivity contribution in [3.8, 4) is 0 Å². The Balaban J connectivity index is 1.43. The lowest BCUT2D eigenvalue weighted by Gasteiger charge is -2.59. The molecule has 0 N–H and O–H groups in total. The van der Waals surface area contributed by atoms with Crippen molar-refractivity contribution in [3.63, 3.8) is 0 Å². The van der Waals surface area contributed by atoms with Crippen molar-refractivity contribution >= 4 is 11.5 Å². The summed E-state index contributed by atoms with van der Waals surface area (Å²) in [5, 5.41) is 0. The molecule has 0 aliphatic heterocycles. The second-order valence-electron chi connectivity index (χ2n) is 10.4. The maximum atomic E-state index is 11.5. The lowest BCUT2D eigenvalue weighted by atomic mass is 9.46. The van der Waals surface area contributed by atoms with Gasteiger partial charge in [-0.1, -0.05) is 37.6 Å². The van der Waals surface area contributed by atoms with Crippen LogP contribution in [0, 0.1) is 28.6 Å². The fourth-order valence-corrected chi connectivity index (χ4v) is 7.96. The van der Waals surface area contributed by atoms with Crippen molar-refractivity contribution < 1.29 is 9.53 Å². The van der Waals surface area contributed by atoms with Crippen molar-refractivity contribution in [1.29, 1.82) is 0 Å². The first kappa shape index (κ1) is 20.0. The Labute approximate surface area is 181 Å². The molecule has 4 aliphatic rings. The van der Waals surface area contributed by atoms with Gasteiger partial charge < -0.3 is 4.74 Å². The molecule has 2 fully saturated rings. The van der Waals surface area contributed by atoms with E-state index in [1.807, 2.05) is 12.4 Å². The third-order valence-corrected chi connectivity index (χ3v) is 9.30. The number of hydrogen-bond acceptors (Lipinski definition) is 3. The fourth-order valence-electron chi connectivity index (χ4n) is 7.96. The summed E-state index contributed by atoms with van der Waals surface area (Å²) in [4.78, 5) is 15.9. The lowest BCUT2D eigenvalue weighted by Crippen LogP contribution is -2.51. The number of allylic oxidation sites excluding steroid dienone is 3. The second-order valence-corrected chi connectivity index (χ2v) is 10.4. The van der Waals surface area contributed by atoms with Gasteiger partial charge in [-0.05, 0) is 90.7 Å². The van der Waals surface area contributed by atoms with Gasteiger partial charge >= 0.3 is 5.97 Å². The number of nitrogens with zero attached hydrogens (tertiary/aromatic N) is 1. The molecular weight excluding hydrogens is 370 g/mol. The smallest absolute Gasteiger partial charge is 0.302 e. The number of esters is 1. The van der Waals surface area contributed by atoms with E-state index in [-0.39, 0.29) is 17.5 Å². The van der Waals surface area contributed by atoms with Gasteiger partial charge in [0, 0.05) is 25.7 Å². The molecule has 3 heteroatoms. The van der Waals surface area contributed by atoms with E-state index in [0.29, 0.717) is 5.41 Å². The minimum absolute atomic E-state index is 0.0872. The van der Waals surface area contributed by atoms with Gasteiger partial charge in [0.05, 0.1) is 0 Å². The number of carbonyl (C=O) groups excluding carboxylic acids is 1. The van der Waals surface area contributed by atoms with E-state index in [2.05, 4.69) is 43.1 Å². The summed E-state index contributed by atoms with van der Waals surface area (Å²) in [6.45, 7) is 6.46. The molecule has 0 amide bonds. The molecule has 2 saturated carbocycles. The van der Waals surface area contributed by atoms with Crippen LogP contribution in [-0.2, 0) is 9.53 Å². The van der Waals surface area contributed by atoms with Crippen LogP contribution in [-0.4, -0.2) is 17.1 Å². The average molecular weight is 406 g/mol. The van der Waals surface area contributed by atoms with Crippen molar-refractivity contribution in [2.24, 2.45) is 28.6 Å². The molecule has 1 aromatic rings. The highest BCUT2D eigenvalue weighted by Gasteiger charge is 2.57. The van der Waals surface area contributed by atoms with Crippen LogP contribution >= 0.6 is 0 Å². The van der Waals surface area contributed by atoms with Crippen LogP contribution in [0.1, 0.15) is 77.7 Å². The molecule has 30 heavy (non-hydrogen) atoms. The van der Waals surface area contributed by atoms with Crippen LogP contribution in [0.15, 0.2) is 42.3 Å². The number of aromatic nitrogens is 1. The van der Waals surface area contributed by atoms with E-state index < -0.39 is 0 Å². The molecule has 1 aromatic heterocycles. The maximum absolute atomic E-state index is 11.5. The molecule has 2 unspecified atom stereocenters. The summed E-state index contributed by atoms with van der Waals surface area (Å²) in [5.41, 5.74) is 5.07. The third kappa shape index (κ3) is 2.92. The normalized spacial score (nSPS) is 39.8. The summed E-state index contributed by atoms with van der Waals surface area (Å²) in [5.74, 6) is 2.15. The molecular formula is C27H35NO2. The van der Waals surface area contributed by atoms with E-state index in [4.69, 9.17) is 4.74 Å². The highest BCUT2D eigenvalue weighted by atomic mass is 16.5. The molecule has 0 bridgehead atoms. The summed E-state index contributed by atoms with van der Waals surface area (Å²) in [6, 6.07) is 4.31. The zero-order chi connectivity index (χ0) is 20.9. The lowest BCUT2D eigenvalue weighted by molar-refractivity contribution is -0.148. The minimum Gasteiger partial charge on any atom is -0.462 e. The summed E-state index contributed by atoms with van der Waals surface area (Å²) >= 11 is 0. The van der Waals surface area contributed by atoms with Gasteiger partial charge in [0.15, 0.2) is 0 Å². The Morgan fingerprint density at radius 3 is 2.80 bits per heavy atom. The molecule has 4 aliphatic carbocycles. The van der Waals surface area contributed by atoms with E-state index in [0.717, 1.165) is 30.6 Å². The predicted molar refractivity (Wildman–Crippen MR) is 119 cm³/mol. The summed E-state index contributed by atoms with van der Waals surface area (Å²) < 4.78 is 5.62. The Hall–Kier alpha value is -1.90. The van der Waals surface area contributed by atoms with Gasteiger partial charge in [-0.3, -0.25) is 9.78 Å². The summed E-state index contributed by atoms with van der Waals surface area (Å²) in [6.07, 6.45) is 18.5. The quantitative estimate of drug-likeness (QED) is 0.434. The van der Waals surface area contributed by atoms with Crippen LogP contribution in [0.4, 0.5) is 0 Å². The Bertz CT molecular complexity index is 887. The zero-order valence-electron chi connectivity index (χ0n) is 18.7. The monoisotopic (exact) mass is 405 g/mol. The molecule has 0 saturated heterocycles. The largest absolute Gasteiger partial charge is 0.462 e. The van der Waals surface area contributed by atoms with E-state index in [9.17, 15) is 4.79 Å². The van der Waals surface area contributed by atoms with Gasteiger partial charge in [0.25, 0.3) is 0 Å². The first-order valence-corrected chi connectivity index (χ1v) is 12.0. The number of pyridine rings is 1. The first-order valence-electron chi connectivity index (χ1n) is 12.0. The van der Waals surface area contributed by atoms with E-state index in [1.54, 1.807) is 12.5 Å². The molecule has 6 atom stereocenters. The molecule has 160 valence electrons. The minimum atomic E-state index is -0.133. The molecule has 5 rings (SSSR count). The molecule has 3 nitrogen and oxygen atoms in total. The van der Waals surface area contributed by atoms with Crippen molar-refractivity contribution in [2.45, 2.75) is 78.2 Å². The summed E-state index contributed by atoms with van der Waals surface area (Å²) in [7, 11) is 0. The Kier molecular flexibility index (Phi) is 4.91. The van der Waals surface area contributed by atoms with E-state index >= 15 is 0 Å². The number of carbonyl (C=O) groups is 1. The second kappa shape index (κ2) is 7.35. The first-order chi connectivity index (χ1) is 14.5. The van der Waals surface area contributed by atoms with Gasteiger partial charge in [0.2, 0.25) is 0 Å². The van der Waals surface area contributed by atoms with Gasteiger partial charge in [0.1, 0.15) is 6.10 Å². The average Bonchev–Trinajstić information content (AvgIpc) is 3.11. The number of hydrogen-bond donors (Lipinski definition) is 0. The maximum Gasteiger partial charge on any atom is 0.302 e. The van der Waals surface area contributed by atoms with Crippen LogP contribution in [0.2, 0.25) is 0 Å². The third-order valence-electron chi connectivity index (χ3n) is 9.30. The van der Waals surface area contributed by atoms with Crippen molar-refractivity contribution in [2.75, 3.05) is 0 Å². The molecule has 0 radical (unpaired) electrons. The molecule has 0 spiro atoms. The number of ether oxygens (including phenoxy) is 1. The Morgan fingerprint density at radius 1 is 1.20 bits per heavy atom. The van der Waals surface area contributed by atoms with Gasteiger partial charge in [-0.15, -0.1) is 0 Å². The predicted octanol–water partition coefficient (Wildman–Crippen LogP) is 6.36. The van der Waals surface area contributed by atoms with Crippen LogP contribution in [0.5, 0.6) is 0 Å². The topological polar surface area (TPSA) is 39.2 Å². The highest BCUT2D eigenvalue weighted by Crippen LogP contribution is 2.67. The molecule has 1 heterocycles. The highest BCUT2D eigenvalue weighted by molar-refractivity contribution is 5.72. The van der Waals surface area contributed by atoms with E-state index in [1.165, 1.54) is 49.7 Å². The van der Waals surface area contributed by atoms with Crippen molar-refractivity contribution in [3.05, 3.63) is 47.8 Å².